The van der Waals surface area contributed by atoms with Gasteiger partial charge in [-0.2, -0.15) is 0 Å². The standard InChI is InChI=1S/C10H10N4O2S/c1-7-12-13-10(17-7)11-6-8-3-2-4-9(5-8)14(15)16/h2-5H,6H2,1H3,(H,11,13). The van der Waals surface area contributed by atoms with Crippen molar-refractivity contribution in [2.45, 2.75) is 13.5 Å². The molecule has 2 rings (SSSR count). The zero-order valence-electron chi connectivity index (χ0n) is 9.08. The Morgan fingerprint density at radius 2 is 2.29 bits per heavy atom. The summed E-state index contributed by atoms with van der Waals surface area (Å²) in [6.07, 6.45) is 0. The normalized spacial score (nSPS) is 10.2. The molecule has 1 N–H and O–H groups in total. The Morgan fingerprint density at radius 3 is 2.94 bits per heavy atom. The molecule has 6 nitrogen and oxygen atoms in total. The van der Waals surface area contributed by atoms with Crippen molar-refractivity contribution in [2.75, 3.05) is 5.32 Å². The summed E-state index contributed by atoms with van der Waals surface area (Å²) >= 11 is 1.45. The van der Waals surface area contributed by atoms with Crippen LogP contribution in [0.3, 0.4) is 0 Å². The average Bonchev–Trinajstić information content (AvgIpc) is 2.73. The molecule has 2 aromatic rings. The Bertz CT molecular complexity index is 541. The van der Waals surface area contributed by atoms with Crippen molar-refractivity contribution in [2.24, 2.45) is 0 Å². The van der Waals surface area contributed by atoms with Crippen LogP contribution in [0.15, 0.2) is 24.3 Å². The Labute approximate surface area is 101 Å². The number of nitro groups is 1. The zero-order valence-corrected chi connectivity index (χ0v) is 9.90. The molecular weight excluding hydrogens is 240 g/mol. The van der Waals surface area contributed by atoms with Crippen molar-refractivity contribution in [3.63, 3.8) is 0 Å². The number of nitrogens with one attached hydrogen (secondary N) is 1. The van der Waals surface area contributed by atoms with Crippen molar-refractivity contribution >= 4 is 22.2 Å². The van der Waals surface area contributed by atoms with E-state index in [1.807, 2.05) is 13.0 Å². The maximum absolute atomic E-state index is 10.6. The molecule has 0 bridgehead atoms. The topological polar surface area (TPSA) is 81.0 Å². The molecule has 17 heavy (non-hydrogen) atoms. The zero-order chi connectivity index (χ0) is 12.3. The van der Waals surface area contributed by atoms with E-state index in [4.69, 9.17) is 0 Å². The number of aryl methyl sites for hydroxylation is 1. The predicted molar refractivity (Wildman–Crippen MR) is 65.1 cm³/mol. The number of nitrogens with zero attached hydrogens (tertiary/aromatic N) is 3. The monoisotopic (exact) mass is 250 g/mol. The van der Waals surface area contributed by atoms with E-state index in [0.29, 0.717) is 11.7 Å². The highest BCUT2D eigenvalue weighted by Gasteiger charge is 2.06. The third-order valence-corrected chi connectivity index (χ3v) is 2.89. The van der Waals surface area contributed by atoms with E-state index < -0.39 is 4.92 Å². The fourth-order valence-electron chi connectivity index (χ4n) is 1.33. The highest BCUT2D eigenvalue weighted by atomic mass is 32.1. The number of nitro benzene ring substituents is 1. The number of hydrogen-bond donors (Lipinski definition) is 1. The van der Waals surface area contributed by atoms with Gasteiger partial charge in [0.05, 0.1) is 4.92 Å². The van der Waals surface area contributed by atoms with E-state index in [2.05, 4.69) is 15.5 Å². The lowest BCUT2D eigenvalue weighted by Crippen LogP contribution is -1.99. The van der Waals surface area contributed by atoms with E-state index in [-0.39, 0.29) is 5.69 Å². The minimum atomic E-state index is -0.404. The highest BCUT2D eigenvalue weighted by Crippen LogP contribution is 2.17. The van der Waals surface area contributed by atoms with Gasteiger partial charge in [-0.3, -0.25) is 10.1 Å². The van der Waals surface area contributed by atoms with E-state index >= 15 is 0 Å². The van der Waals surface area contributed by atoms with Crippen molar-refractivity contribution < 1.29 is 4.92 Å². The quantitative estimate of drug-likeness (QED) is 0.665. The van der Waals surface area contributed by atoms with E-state index in [0.717, 1.165) is 10.6 Å². The molecule has 0 aliphatic heterocycles. The van der Waals surface area contributed by atoms with Crippen LogP contribution >= 0.6 is 11.3 Å². The summed E-state index contributed by atoms with van der Waals surface area (Å²) in [4.78, 5) is 10.2. The van der Waals surface area contributed by atoms with Gasteiger partial charge in [-0.1, -0.05) is 23.5 Å². The Hall–Kier alpha value is -2.02. The first-order chi connectivity index (χ1) is 8.15. The van der Waals surface area contributed by atoms with E-state index in [9.17, 15) is 10.1 Å². The maximum Gasteiger partial charge on any atom is 0.269 e. The van der Waals surface area contributed by atoms with Crippen LogP contribution < -0.4 is 5.32 Å². The number of rotatable bonds is 4. The third-order valence-electron chi connectivity index (χ3n) is 2.09. The third kappa shape index (κ3) is 2.97. The van der Waals surface area contributed by atoms with Gasteiger partial charge in [-0.15, -0.1) is 10.2 Å². The first-order valence-electron chi connectivity index (χ1n) is 4.92. The van der Waals surface area contributed by atoms with Gasteiger partial charge < -0.3 is 5.32 Å². The van der Waals surface area contributed by atoms with E-state index in [1.165, 1.54) is 17.4 Å². The molecule has 0 fully saturated rings. The molecule has 0 aliphatic carbocycles. The molecule has 1 heterocycles. The lowest BCUT2D eigenvalue weighted by atomic mass is 10.2. The fraction of sp³-hybridized carbons (Fsp3) is 0.200. The highest BCUT2D eigenvalue weighted by molar-refractivity contribution is 7.15. The van der Waals surface area contributed by atoms with Crippen LogP contribution in [0.1, 0.15) is 10.6 Å². The molecule has 1 aromatic heterocycles. The molecular formula is C10H10N4O2S. The van der Waals surface area contributed by atoms with Crippen LogP contribution in [0.4, 0.5) is 10.8 Å². The average molecular weight is 250 g/mol. The smallest absolute Gasteiger partial charge is 0.269 e. The summed E-state index contributed by atoms with van der Waals surface area (Å²) in [7, 11) is 0. The lowest BCUT2D eigenvalue weighted by molar-refractivity contribution is -0.384. The molecule has 0 unspecified atom stereocenters. The van der Waals surface area contributed by atoms with Gasteiger partial charge >= 0.3 is 0 Å². The minimum absolute atomic E-state index is 0.0951. The van der Waals surface area contributed by atoms with Gasteiger partial charge in [0.2, 0.25) is 5.13 Å². The van der Waals surface area contributed by atoms with Gasteiger partial charge in [-0.25, -0.2) is 0 Å². The van der Waals surface area contributed by atoms with Crippen molar-refractivity contribution in [1.29, 1.82) is 0 Å². The number of benzene rings is 1. The number of non-ortho nitro benzene ring substituents is 1. The second-order valence-electron chi connectivity index (χ2n) is 3.41. The summed E-state index contributed by atoms with van der Waals surface area (Å²) in [5.41, 5.74) is 0.935. The van der Waals surface area contributed by atoms with Crippen LogP contribution in [-0.2, 0) is 6.54 Å². The predicted octanol–water partition coefficient (Wildman–Crippen LogP) is 2.37. The van der Waals surface area contributed by atoms with Crippen LogP contribution in [0.2, 0.25) is 0 Å². The SMILES string of the molecule is Cc1nnc(NCc2cccc([N+](=O)[O-])c2)s1. The van der Waals surface area contributed by atoms with Crippen LogP contribution in [0.25, 0.3) is 0 Å². The summed E-state index contributed by atoms with van der Waals surface area (Å²) in [6, 6.07) is 6.51. The van der Waals surface area contributed by atoms with Crippen LogP contribution in [0, 0.1) is 17.0 Å². The van der Waals surface area contributed by atoms with Crippen LogP contribution in [-0.4, -0.2) is 15.1 Å². The number of anilines is 1. The van der Waals surface area contributed by atoms with Crippen molar-refractivity contribution in [3.8, 4) is 0 Å². The Kier molecular flexibility index (Phi) is 3.29. The lowest BCUT2D eigenvalue weighted by Gasteiger charge is -2.01. The van der Waals surface area contributed by atoms with Gasteiger partial charge in [0, 0.05) is 18.7 Å². The molecule has 0 amide bonds. The largest absolute Gasteiger partial charge is 0.356 e. The molecule has 0 atom stereocenters. The molecule has 0 saturated heterocycles. The molecule has 0 saturated carbocycles. The molecule has 0 radical (unpaired) electrons. The second-order valence-corrected chi connectivity index (χ2v) is 4.59. The summed E-state index contributed by atoms with van der Waals surface area (Å²) in [5.74, 6) is 0. The molecule has 1 aromatic carbocycles. The summed E-state index contributed by atoms with van der Waals surface area (Å²) in [6.45, 7) is 2.37. The molecule has 88 valence electrons. The second kappa shape index (κ2) is 4.88. The number of hydrogen-bond acceptors (Lipinski definition) is 6. The maximum atomic E-state index is 10.6. The summed E-state index contributed by atoms with van der Waals surface area (Å²) in [5, 5.41) is 23.0. The first-order valence-corrected chi connectivity index (χ1v) is 5.74. The molecule has 0 aliphatic rings. The van der Waals surface area contributed by atoms with E-state index in [1.54, 1.807) is 12.1 Å². The van der Waals surface area contributed by atoms with Crippen molar-refractivity contribution in [1.82, 2.24) is 10.2 Å². The fourth-order valence-corrected chi connectivity index (χ4v) is 1.91. The Balaban J connectivity index is 2.04. The van der Waals surface area contributed by atoms with Gasteiger partial charge in [0.1, 0.15) is 5.01 Å². The molecule has 7 heteroatoms. The number of aromatic nitrogens is 2. The van der Waals surface area contributed by atoms with Gasteiger partial charge in [0.15, 0.2) is 0 Å². The summed E-state index contributed by atoms with van der Waals surface area (Å²) < 4.78 is 0. The van der Waals surface area contributed by atoms with Crippen LogP contribution in [0.5, 0.6) is 0 Å². The minimum Gasteiger partial charge on any atom is -0.356 e. The van der Waals surface area contributed by atoms with Crippen molar-refractivity contribution in [3.05, 3.63) is 45.0 Å². The molecule has 0 spiro atoms. The first kappa shape index (κ1) is 11.5. The van der Waals surface area contributed by atoms with Gasteiger partial charge in [0.25, 0.3) is 5.69 Å². The van der Waals surface area contributed by atoms with Gasteiger partial charge in [-0.05, 0) is 12.5 Å². The Morgan fingerprint density at radius 1 is 1.47 bits per heavy atom.